The van der Waals surface area contributed by atoms with Crippen LogP contribution in [0.1, 0.15) is 36.0 Å². The summed E-state index contributed by atoms with van der Waals surface area (Å²) in [6, 6.07) is 12.4. The van der Waals surface area contributed by atoms with Crippen molar-refractivity contribution in [1.82, 2.24) is 10.4 Å². The first-order valence-electron chi connectivity index (χ1n) is 9.02. The maximum atomic E-state index is 11.3. The number of nitrogens with zero attached hydrogens (tertiary/aromatic N) is 2. The molecular formula is C20H26N4O. The lowest BCUT2D eigenvalue weighted by Gasteiger charge is -2.29. The van der Waals surface area contributed by atoms with Crippen LogP contribution in [0.4, 0.5) is 5.82 Å². The van der Waals surface area contributed by atoms with Gasteiger partial charge in [-0.3, -0.25) is 10.2 Å². The first-order chi connectivity index (χ1) is 12.3. The number of pyridine rings is 1. The number of amides is 1. The van der Waals surface area contributed by atoms with Crippen LogP contribution in [-0.4, -0.2) is 24.0 Å². The lowest BCUT2D eigenvalue weighted by Crippen LogP contribution is -2.31. The van der Waals surface area contributed by atoms with Gasteiger partial charge in [0.2, 0.25) is 5.91 Å². The van der Waals surface area contributed by atoms with Crippen molar-refractivity contribution in [3.63, 3.8) is 0 Å². The van der Waals surface area contributed by atoms with Crippen LogP contribution in [-0.2, 0) is 24.1 Å². The Labute approximate surface area is 149 Å². The van der Waals surface area contributed by atoms with Crippen molar-refractivity contribution in [2.75, 3.05) is 18.0 Å². The molecule has 1 fully saturated rings. The quantitative estimate of drug-likeness (QED) is 0.482. The van der Waals surface area contributed by atoms with E-state index in [0.717, 1.165) is 37.3 Å². The molecule has 1 amide bonds. The molecule has 0 atom stereocenters. The molecule has 0 spiro atoms. The van der Waals surface area contributed by atoms with Crippen LogP contribution in [0.5, 0.6) is 0 Å². The maximum Gasteiger partial charge on any atom is 0.238 e. The summed E-state index contributed by atoms with van der Waals surface area (Å²) in [6.07, 6.45) is 8.00. The Balaban J connectivity index is 1.62. The van der Waals surface area contributed by atoms with Gasteiger partial charge in [0.05, 0.1) is 6.42 Å². The number of nitrogens with one attached hydrogen (secondary N) is 1. The molecule has 1 aliphatic rings. The molecule has 0 radical (unpaired) electrons. The lowest BCUT2D eigenvalue weighted by atomic mass is 10.0. The van der Waals surface area contributed by atoms with Crippen LogP contribution in [0.2, 0.25) is 0 Å². The lowest BCUT2D eigenvalue weighted by molar-refractivity contribution is -0.120. The highest BCUT2D eigenvalue weighted by Crippen LogP contribution is 2.23. The highest BCUT2D eigenvalue weighted by atomic mass is 16.2. The average molecular weight is 338 g/mol. The van der Waals surface area contributed by atoms with Gasteiger partial charge in [0.25, 0.3) is 0 Å². The predicted octanol–water partition coefficient (Wildman–Crippen LogP) is 2.39. The summed E-state index contributed by atoms with van der Waals surface area (Å²) in [5, 5.41) is 0. The number of piperidine rings is 1. The zero-order chi connectivity index (χ0) is 17.5. The van der Waals surface area contributed by atoms with Crippen molar-refractivity contribution in [1.29, 1.82) is 0 Å². The van der Waals surface area contributed by atoms with Gasteiger partial charge in [-0.15, -0.1) is 0 Å². The Morgan fingerprint density at radius 1 is 1.04 bits per heavy atom. The van der Waals surface area contributed by atoms with Gasteiger partial charge in [-0.2, -0.15) is 0 Å². The minimum Gasteiger partial charge on any atom is -0.356 e. The second-order valence-corrected chi connectivity index (χ2v) is 6.59. The van der Waals surface area contributed by atoms with Crippen molar-refractivity contribution >= 4 is 11.7 Å². The standard InChI is InChI=1S/C20H26N4O/c21-23-19(25)15-17-8-6-16(7-9-17)10-11-18-5-4-12-22-20(18)24-13-2-1-3-14-24/h4-9,12H,1-3,10-11,13-15,21H2,(H,23,25). The van der Waals surface area contributed by atoms with E-state index in [1.54, 1.807) is 0 Å². The van der Waals surface area contributed by atoms with Crippen LogP contribution in [0.25, 0.3) is 0 Å². The summed E-state index contributed by atoms with van der Waals surface area (Å²) >= 11 is 0. The number of hydrogen-bond donors (Lipinski definition) is 2. The number of carbonyl (C=O) groups is 1. The summed E-state index contributed by atoms with van der Waals surface area (Å²) < 4.78 is 0. The molecule has 0 unspecified atom stereocenters. The van der Waals surface area contributed by atoms with Crippen LogP contribution < -0.4 is 16.2 Å². The summed E-state index contributed by atoms with van der Waals surface area (Å²) in [6.45, 7) is 2.23. The number of aryl methyl sites for hydroxylation is 2. The highest BCUT2D eigenvalue weighted by Gasteiger charge is 2.15. The number of hydrogen-bond acceptors (Lipinski definition) is 4. The Bertz CT molecular complexity index is 693. The Hall–Kier alpha value is -2.40. The van der Waals surface area contributed by atoms with Gasteiger partial charge in [0, 0.05) is 19.3 Å². The second-order valence-electron chi connectivity index (χ2n) is 6.59. The largest absolute Gasteiger partial charge is 0.356 e. The van der Waals surface area contributed by atoms with E-state index in [9.17, 15) is 4.79 Å². The molecule has 0 bridgehead atoms. The number of rotatable bonds is 6. The fraction of sp³-hybridized carbons (Fsp3) is 0.400. The first kappa shape index (κ1) is 17.4. The third-order valence-electron chi connectivity index (χ3n) is 4.75. The molecule has 1 aromatic heterocycles. The Morgan fingerprint density at radius 2 is 1.76 bits per heavy atom. The summed E-state index contributed by atoms with van der Waals surface area (Å²) in [7, 11) is 0. The zero-order valence-corrected chi connectivity index (χ0v) is 14.6. The molecule has 1 saturated heterocycles. The molecule has 0 saturated carbocycles. The SMILES string of the molecule is NNC(=O)Cc1ccc(CCc2cccnc2N2CCCCC2)cc1. The topological polar surface area (TPSA) is 71.2 Å². The number of anilines is 1. The van der Waals surface area contributed by atoms with Gasteiger partial charge in [-0.05, 0) is 54.9 Å². The maximum absolute atomic E-state index is 11.3. The minimum absolute atomic E-state index is 0.172. The highest BCUT2D eigenvalue weighted by molar-refractivity contribution is 5.77. The average Bonchev–Trinajstić information content (AvgIpc) is 2.68. The number of aromatic nitrogens is 1. The van der Waals surface area contributed by atoms with Gasteiger partial charge < -0.3 is 4.90 Å². The molecular weight excluding hydrogens is 312 g/mol. The van der Waals surface area contributed by atoms with Crippen molar-refractivity contribution < 1.29 is 4.79 Å². The smallest absolute Gasteiger partial charge is 0.238 e. The van der Waals surface area contributed by atoms with Crippen molar-refractivity contribution in [2.24, 2.45) is 5.84 Å². The van der Waals surface area contributed by atoms with E-state index >= 15 is 0 Å². The van der Waals surface area contributed by atoms with Gasteiger partial charge in [-0.25, -0.2) is 10.8 Å². The normalized spacial score (nSPS) is 14.4. The van der Waals surface area contributed by atoms with Gasteiger partial charge >= 0.3 is 0 Å². The molecule has 25 heavy (non-hydrogen) atoms. The van der Waals surface area contributed by atoms with Crippen molar-refractivity contribution in [3.05, 3.63) is 59.3 Å². The molecule has 3 N–H and O–H groups in total. The van der Waals surface area contributed by atoms with E-state index in [1.165, 1.54) is 30.4 Å². The van der Waals surface area contributed by atoms with Crippen molar-refractivity contribution in [3.8, 4) is 0 Å². The van der Waals surface area contributed by atoms with Crippen LogP contribution in [0.15, 0.2) is 42.6 Å². The summed E-state index contributed by atoms with van der Waals surface area (Å²) in [5.41, 5.74) is 5.72. The van der Waals surface area contributed by atoms with E-state index in [0.29, 0.717) is 6.42 Å². The number of carbonyl (C=O) groups excluding carboxylic acids is 1. The third-order valence-corrected chi connectivity index (χ3v) is 4.75. The van der Waals surface area contributed by atoms with E-state index in [4.69, 9.17) is 5.84 Å². The van der Waals surface area contributed by atoms with Crippen molar-refractivity contribution in [2.45, 2.75) is 38.5 Å². The van der Waals surface area contributed by atoms with Gasteiger partial charge in [0.1, 0.15) is 5.82 Å². The second kappa shape index (κ2) is 8.62. The molecule has 3 rings (SSSR count). The van der Waals surface area contributed by atoms with Gasteiger partial charge in [-0.1, -0.05) is 30.3 Å². The third kappa shape index (κ3) is 4.79. The van der Waals surface area contributed by atoms with E-state index in [1.807, 2.05) is 24.4 Å². The molecule has 2 heterocycles. The van der Waals surface area contributed by atoms with Crippen LogP contribution in [0.3, 0.4) is 0 Å². The number of hydrazine groups is 1. The molecule has 1 aliphatic heterocycles. The molecule has 5 heteroatoms. The van der Waals surface area contributed by atoms with E-state index in [2.05, 4.69) is 33.5 Å². The molecule has 1 aromatic carbocycles. The van der Waals surface area contributed by atoms with Gasteiger partial charge in [0.15, 0.2) is 0 Å². The number of benzene rings is 1. The van der Waals surface area contributed by atoms with Crippen LogP contribution >= 0.6 is 0 Å². The number of nitrogens with two attached hydrogens (primary N) is 1. The van der Waals surface area contributed by atoms with E-state index in [-0.39, 0.29) is 5.91 Å². The fourth-order valence-corrected chi connectivity index (χ4v) is 3.36. The summed E-state index contributed by atoms with van der Waals surface area (Å²) in [5.74, 6) is 6.11. The molecule has 0 aliphatic carbocycles. The molecule has 2 aromatic rings. The fourth-order valence-electron chi connectivity index (χ4n) is 3.36. The summed E-state index contributed by atoms with van der Waals surface area (Å²) in [4.78, 5) is 18.4. The minimum atomic E-state index is -0.172. The molecule has 5 nitrogen and oxygen atoms in total. The Morgan fingerprint density at radius 3 is 2.48 bits per heavy atom. The Kier molecular flexibility index (Phi) is 6.01. The zero-order valence-electron chi connectivity index (χ0n) is 14.6. The first-order valence-corrected chi connectivity index (χ1v) is 9.02. The molecule has 132 valence electrons. The predicted molar refractivity (Wildman–Crippen MR) is 100 cm³/mol. The van der Waals surface area contributed by atoms with Crippen LogP contribution in [0, 0.1) is 0 Å². The monoisotopic (exact) mass is 338 g/mol. The van der Waals surface area contributed by atoms with E-state index < -0.39 is 0 Å².